The molecule has 2 N–H and O–H groups in total. The summed E-state index contributed by atoms with van der Waals surface area (Å²) in [6.07, 6.45) is 19.3. The van der Waals surface area contributed by atoms with Crippen LogP contribution in [0.25, 0.3) is 11.0 Å². The standard InChI is InChI=1S/C24H40N2O3S2/c1-2-3-4-5-6-7-8-9-10-11-12-13-14-15-18-30-20-24-25-22-17-16-21(31(27,28)29)19-23(22)26-24/h16-17,19H,2-15,18,20H2,1H3,(H,25,26)(H,27,28,29). The van der Waals surface area contributed by atoms with Gasteiger partial charge in [-0.05, 0) is 30.4 Å². The van der Waals surface area contributed by atoms with Crippen LogP contribution in [0, 0.1) is 0 Å². The van der Waals surface area contributed by atoms with Gasteiger partial charge in [-0.1, -0.05) is 90.4 Å². The highest BCUT2D eigenvalue weighted by molar-refractivity contribution is 7.98. The minimum atomic E-state index is -4.18. The van der Waals surface area contributed by atoms with Crippen molar-refractivity contribution in [2.45, 2.75) is 107 Å². The zero-order chi connectivity index (χ0) is 22.4. The SMILES string of the molecule is CCCCCCCCCCCCCCCCSCc1nc2ccc(S(=O)(=O)O)cc2[nH]1. The number of unbranched alkanes of at least 4 members (excludes halogenated alkanes) is 13. The molecule has 0 unspecified atom stereocenters. The first-order valence-electron chi connectivity index (χ1n) is 12.0. The number of rotatable bonds is 18. The van der Waals surface area contributed by atoms with Gasteiger partial charge in [0.05, 0.1) is 21.7 Å². The van der Waals surface area contributed by atoms with Crippen LogP contribution in [0.4, 0.5) is 0 Å². The molecule has 0 aliphatic carbocycles. The van der Waals surface area contributed by atoms with Crippen molar-refractivity contribution in [2.75, 3.05) is 5.75 Å². The molecule has 0 saturated carbocycles. The summed E-state index contributed by atoms with van der Waals surface area (Å²) in [5.74, 6) is 2.75. The molecular formula is C24H40N2O3S2. The maximum absolute atomic E-state index is 11.2. The summed E-state index contributed by atoms with van der Waals surface area (Å²) in [4.78, 5) is 7.54. The zero-order valence-corrected chi connectivity index (χ0v) is 20.7. The van der Waals surface area contributed by atoms with Crippen LogP contribution in [0.2, 0.25) is 0 Å². The molecule has 7 heteroatoms. The maximum atomic E-state index is 11.2. The van der Waals surface area contributed by atoms with Gasteiger partial charge >= 0.3 is 0 Å². The van der Waals surface area contributed by atoms with E-state index in [1.165, 1.54) is 102 Å². The van der Waals surface area contributed by atoms with Crippen molar-refractivity contribution in [2.24, 2.45) is 0 Å². The van der Waals surface area contributed by atoms with Gasteiger partial charge in [-0.3, -0.25) is 4.55 Å². The molecule has 0 radical (unpaired) electrons. The first kappa shape index (κ1) is 26.2. The van der Waals surface area contributed by atoms with Crippen molar-refractivity contribution in [3.63, 3.8) is 0 Å². The molecule has 0 fully saturated rings. The van der Waals surface area contributed by atoms with E-state index in [-0.39, 0.29) is 4.90 Å². The fraction of sp³-hybridized carbons (Fsp3) is 0.708. The van der Waals surface area contributed by atoms with Crippen molar-refractivity contribution in [3.05, 3.63) is 24.0 Å². The Kier molecular flexibility index (Phi) is 12.6. The summed E-state index contributed by atoms with van der Waals surface area (Å²) in [5.41, 5.74) is 1.36. The molecule has 0 bridgehead atoms. The zero-order valence-electron chi connectivity index (χ0n) is 19.1. The van der Waals surface area contributed by atoms with Gasteiger partial charge in [0.2, 0.25) is 0 Å². The van der Waals surface area contributed by atoms with Gasteiger partial charge in [0.1, 0.15) is 5.82 Å². The van der Waals surface area contributed by atoms with Gasteiger partial charge < -0.3 is 4.98 Å². The molecule has 0 aliphatic rings. The Labute approximate surface area is 192 Å². The smallest absolute Gasteiger partial charge is 0.294 e. The summed E-state index contributed by atoms with van der Waals surface area (Å²) in [5, 5.41) is 0. The third-order valence-corrected chi connectivity index (χ3v) is 7.59. The molecule has 176 valence electrons. The molecule has 1 heterocycles. The second-order valence-corrected chi connectivity index (χ2v) is 11.0. The topological polar surface area (TPSA) is 83.1 Å². The number of H-pyrrole nitrogens is 1. The van der Waals surface area contributed by atoms with Crippen molar-refractivity contribution < 1.29 is 13.0 Å². The lowest BCUT2D eigenvalue weighted by atomic mass is 10.0. The van der Waals surface area contributed by atoms with Crippen LogP contribution in [0.3, 0.4) is 0 Å². The third-order valence-electron chi connectivity index (χ3n) is 5.68. The second-order valence-electron chi connectivity index (χ2n) is 8.49. The van der Waals surface area contributed by atoms with E-state index in [0.29, 0.717) is 5.52 Å². The molecule has 0 aliphatic heterocycles. The van der Waals surface area contributed by atoms with Crippen LogP contribution in [0.5, 0.6) is 0 Å². The van der Waals surface area contributed by atoms with Gasteiger partial charge in [-0.2, -0.15) is 20.2 Å². The van der Waals surface area contributed by atoms with E-state index in [1.807, 2.05) is 11.8 Å². The molecular weight excluding hydrogens is 428 g/mol. The summed E-state index contributed by atoms with van der Waals surface area (Å²) in [6.45, 7) is 2.27. The number of aromatic nitrogens is 2. The van der Waals surface area contributed by atoms with Gasteiger partial charge in [-0.15, -0.1) is 0 Å². The fourth-order valence-corrected chi connectivity index (χ4v) is 5.23. The van der Waals surface area contributed by atoms with E-state index in [2.05, 4.69) is 16.9 Å². The Morgan fingerprint density at radius 2 is 1.42 bits per heavy atom. The average molecular weight is 469 g/mol. The molecule has 1 aromatic heterocycles. The molecule has 0 saturated heterocycles. The summed E-state index contributed by atoms with van der Waals surface area (Å²) < 4.78 is 31.6. The number of thioether (sulfide) groups is 1. The predicted octanol–water partition coefficient (Wildman–Crippen LogP) is 7.52. The predicted molar refractivity (Wildman–Crippen MR) is 132 cm³/mol. The highest BCUT2D eigenvalue weighted by Gasteiger charge is 2.11. The lowest BCUT2D eigenvalue weighted by molar-refractivity contribution is 0.483. The van der Waals surface area contributed by atoms with Crippen molar-refractivity contribution in [1.29, 1.82) is 0 Å². The van der Waals surface area contributed by atoms with Gasteiger partial charge in [0, 0.05) is 0 Å². The fourth-order valence-electron chi connectivity index (χ4n) is 3.84. The van der Waals surface area contributed by atoms with Crippen molar-refractivity contribution in [3.8, 4) is 0 Å². The van der Waals surface area contributed by atoms with E-state index in [1.54, 1.807) is 6.07 Å². The van der Waals surface area contributed by atoms with Crippen LogP contribution in [0.1, 0.15) is 103 Å². The number of fused-ring (bicyclic) bond motifs is 1. The monoisotopic (exact) mass is 468 g/mol. The summed E-state index contributed by atoms with van der Waals surface area (Å²) in [6, 6.07) is 4.43. The number of benzene rings is 1. The Morgan fingerprint density at radius 3 is 1.97 bits per heavy atom. The third kappa shape index (κ3) is 10.9. The van der Waals surface area contributed by atoms with E-state index in [0.717, 1.165) is 22.8 Å². The molecule has 1 aromatic carbocycles. The minimum Gasteiger partial charge on any atom is -0.341 e. The number of nitrogens with one attached hydrogen (secondary N) is 1. The van der Waals surface area contributed by atoms with E-state index in [4.69, 9.17) is 4.55 Å². The molecule has 31 heavy (non-hydrogen) atoms. The summed E-state index contributed by atoms with van der Waals surface area (Å²) in [7, 11) is -4.18. The van der Waals surface area contributed by atoms with Crippen LogP contribution in [-0.4, -0.2) is 28.7 Å². The lowest BCUT2D eigenvalue weighted by Crippen LogP contribution is -1.97. The molecule has 2 aromatic rings. The quantitative estimate of drug-likeness (QED) is 0.174. The molecule has 0 atom stereocenters. The second kappa shape index (κ2) is 14.9. The minimum absolute atomic E-state index is 0.106. The van der Waals surface area contributed by atoms with Crippen molar-refractivity contribution in [1.82, 2.24) is 9.97 Å². The number of imidazole rings is 1. The van der Waals surface area contributed by atoms with Crippen LogP contribution < -0.4 is 0 Å². The largest absolute Gasteiger partial charge is 0.341 e. The normalized spacial score (nSPS) is 12.1. The Hall–Kier alpha value is -1.05. The number of aromatic amines is 1. The van der Waals surface area contributed by atoms with E-state index >= 15 is 0 Å². The van der Waals surface area contributed by atoms with Gasteiger partial charge in [-0.25, -0.2) is 4.98 Å². The van der Waals surface area contributed by atoms with Gasteiger partial charge in [0.15, 0.2) is 0 Å². The first-order valence-corrected chi connectivity index (χ1v) is 14.6. The van der Waals surface area contributed by atoms with E-state index < -0.39 is 10.1 Å². The van der Waals surface area contributed by atoms with Crippen LogP contribution in [0.15, 0.2) is 23.1 Å². The highest BCUT2D eigenvalue weighted by Crippen LogP contribution is 2.20. The first-order chi connectivity index (χ1) is 15.0. The Balaban J connectivity index is 1.44. The molecule has 0 amide bonds. The summed E-state index contributed by atoms with van der Waals surface area (Å²) >= 11 is 1.85. The number of hydrogen-bond acceptors (Lipinski definition) is 4. The Morgan fingerprint density at radius 1 is 0.871 bits per heavy atom. The highest BCUT2D eigenvalue weighted by atomic mass is 32.2. The number of hydrogen-bond donors (Lipinski definition) is 2. The molecule has 0 spiro atoms. The molecule has 2 rings (SSSR count). The van der Waals surface area contributed by atoms with Gasteiger partial charge in [0.25, 0.3) is 10.1 Å². The van der Waals surface area contributed by atoms with Crippen LogP contribution in [-0.2, 0) is 15.9 Å². The molecule has 5 nitrogen and oxygen atoms in total. The lowest BCUT2D eigenvalue weighted by Gasteiger charge is -2.03. The van der Waals surface area contributed by atoms with Crippen LogP contribution >= 0.6 is 11.8 Å². The number of nitrogens with zero attached hydrogens (tertiary/aromatic N) is 1. The van der Waals surface area contributed by atoms with E-state index in [9.17, 15) is 8.42 Å². The Bertz CT molecular complexity index is 850. The van der Waals surface area contributed by atoms with Crippen molar-refractivity contribution >= 4 is 32.9 Å². The maximum Gasteiger partial charge on any atom is 0.294 e. The average Bonchev–Trinajstić information content (AvgIpc) is 3.15.